The number of imidazole rings is 1. The zero-order chi connectivity index (χ0) is 22.8. The number of H-pyrrole nitrogens is 1. The summed E-state index contributed by atoms with van der Waals surface area (Å²) in [4.78, 5) is 26.6. The van der Waals surface area contributed by atoms with Gasteiger partial charge in [0.15, 0.2) is 12.2 Å². The molecular weight excluding hydrogens is 442 g/mol. The Balaban J connectivity index is 1.09. The fraction of sp³-hybridized carbons (Fsp3) is 0.500. The van der Waals surface area contributed by atoms with Crippen LogP contribution in [-0.2, 0) is 10.5 Å². The number of aliphatic hydroxyl groups excluding tert-OH is 1. The molecule has 2 atom stereocenters. The van der Waals surface area contributed by atoms with Crippen LogP contribution in [-0.4, -0.2) is 88.2 Å². The molecule has 4 heterocycles. The van der Waals surface area contributed by atoms with Crippen LogP contribution in [0.3, 0.4) is 0 Å². The zero-order valence-electron chi connectivity index (χ0n) is 18.8. The number of hydroxylamine groups is 1. The minimum atomic E-state index is -0.721. The quantitative estimate of drug-likeness (QED) is 0.452. The first-order valence-corrected chi connectivity index (χ1v) is 11.9. The van der Waals surface area contributed by atoms with Gasteiger partial charge >= 0.3 is 0 Å². The largest absolute Gasteiger partial charge is 0.491 e. The number of aryl methyl sites for hydroxylation is 2. The first-order valence-electron chi connectivity index (χ1n) is 11.1. The molecule has 0 radical (unpaired) electrons. The van der Waals surface area contributed by atoms with Crippen LogP contribution in [0, 0.1) is 13.8 Å². The van der Waals surface area contributed by atoms with Gasteiger partial charge in [0, 0.05) is 51.5 Å². The number of hydrogen-bond acceptors (Lipinski definition) is 10. The van der Waals surface area contributed by atoms with Gasteiger partial charge in [-0.3, -0.25) is 9.80 Å². The van der Waals surface area contributed by atoms with Crippen molar-refractivity contribution in [3.63, 3.8) is 0 Å². The number of β-amino-alcohol motifs (C(OH)–C–C–N with tert-alkyl or cyclic N) is 1. The number of nitrogens with zero attached hydrogens (tertiary/aromatic N) is 5. The second-order valence-electron chi connectivity index (χ2n) is 8.61. The second kappa shape index (κ2) is 9.35. The monoisotopic (exact) mass is 471 g/mol. The highest BCUT2D eigenvalue weighted by molar-refractivity contribution is 7.18. The van der Waals surface area contributed by atoms with E-state index >= 15 is 0 Å². The molecule has 0 amide bonds. The third-order valence-corrected chi connectivity index (χ3v) is 6.90. The van der Waals surface area contributed by atoms with E-state index in [1.54, 1.807) is 11.3 Å². The lowest BCUT2D eigenvalue weighted by Gasteiger charge is -2.38. The Labute approximate surface area is 196 Å². The highest BCUT2D eigenvalue weighted by Gasteiger charge is 2.40. The van der Waals surface area contributed by atoms with Gasteiger partial charge < -0.3 is 19.7 Å². The molecule has 1 aromatic carbocycles. The Kier molecular flexibility index (Phi) is 6.30. The minimum Gasteiger partial charge on any atom is -0.491 e. The maximum atomic E-state index is 10.5. The lowest BCUT2D eigenvalue weighted by atomic mass is 10.1. The highest BCUT2D eigenvalue weighted by atomic mass is 32.1. The van der Waals surface area contributed by atoms with E-state index in [1.807, 2.05) is 38.2 Å². The molecule has 1 saturated heterocycles. The van der Waals surface area contributed by atoms with Crippen molar-refractivity contribution < 1.29 is 14.7 Å². The van der Waals surface area contributed by atoms with Gasteiger partial charge in [-0.25, -0.2) is 15.0 Å². The van der Waals surface area contributed by atoms with Crippen molar-refractivity contribution in [1.82, 2.24) is 30.2 Å². The molecule has 2 unspecified atom stereocenters. The van der Waals surface area contributed by atoms with Crippen molar-refractivity contribution >= 4 is 28.0 Å². The van der Waals surface area contributed by atoms with Crippen molar-refractivity contribution in [2.45, 2.75) is 25.6 Å². The molecule has 2 aliphatic heterocycles. The van der Waals surface area contributed by atoms with E-state index in [-0.39, 0.29) is 6.61 Å². The van der Waals surface area contributed by atoms with Crippen molar-refractivity contribution in [2.24, 2.45) is 4.99 Å². The Morgan fingerprint density at radius 3 is 2.76 bits per heavy atom. The summed E-state index contributed by atoms with van der Waals surface area (Å²) in [5.41, 5.74) is 4.13. The van der Waals surface area contributed by atoms with E-state index in [0.717, 1.165) is 58.7 Å². The third-order valence-electron chi connectivity index (χ3n) is 5.95. The van der Waals surface area contributed by atoms with Crippen molar-refractivity contribution in [3.8, 4) is 5.75 Å². The van der Waals surface area contributed by atoms with Crippen molar-refractivity contribution in [1.29, 1.82) is 0 Å². The molecule has 3 aromatic rings. The number of fused-ring (bicyclic) bond motifs is 1. The number of aliphatic hydroxyl groups is 1. The second-order valence-corrected chi connectivity index (χ2v) is 9.84. The number of rotatable bonds is 8. The summed E-state index contributed by atoms with van der Waals surface area (Å²) in [6, 6.07) is 5.89. The SMILES string of the molecule is Cc1c[nH]c(C2(CN3CCN(CC(O)COc4ccc5sc(C)nc5c4)CC3)N=CON2)n1. The van der Waals surface area contributed by atoms with Crippen LogP contribution in [0.5, 0.6) is 5.75 Å². The van der Waals surface area contributed by atoms with Crippen LogP contribution < -0.4 is 10.2 Å². The van der Waals surface area contributed by atoms with Crippen LogP contribution in [0.4, 0.5) is 0 Å². The number of nitrogens with one attached hydrogen (secondary N) is 2. The number of aliphatic imine (C=N–C) groups is 1. The van der Waals surface area contributed by atoms with E-state index < -0.39 is 11.8 Å². The van der Waals surface area contributed by atoms with Crippen LogP contribution in [0.15, 0.2) is 29.4 Å². The molecule has 0 aliphatic carbocycles. The minimum absolute atomic E-state index is 0.256. The number of thiazole rings is 1. The topological polar surface area (TPSA) is 111 Å². The number of piperazine rings is 1. The maximum absolute atomic E-state index is 10.5. The normalized spacial score (nSPS) is 22.6. The molecule has 2 aliphatic rings. The van der Waals surface area contributed by atoms with Crippen LogP contribution in [0.2, 0.25) is 0 Å². The van der Waals surface area contributed by atoms with Gasteiger partial charge in [-0.15, -0.1) is 16.8 Å². The third kappa shape index (κ3) is 5.02. The van der Waals surface area contributed by atoms with Crippen molar-refractivity contribution in [2.75, 3.05) is 45.9 Å². The predicted octanol–water partition coefficient (Wildman–Crippen LogP) is 1.41. The molecule has 33 heavy (non-hydrogen) atoms. The fourth-order valence-corrected chi connectivity index (χ4v) is 5.07. The van der Waals surface area contributed by atoms with Crippen molar-refractivity contribution in [3.05, 3.63) is 40.9 Å². The summed E-state index contributed by atoms with van der Waals surface area (Å²) in [7, 11) is 0. The lowest BCUT2D eigenvalue weighted by molar-refractivity contribution is 0.0279. The number of benzene rings is 1. The molecule has 11 heteroatoms. The molecule has 1 fully saturated rings. The summed E-state index contributed by atoms with van der Waals surface area (Å²) >= 11 is 1.67. The van der Waals surface area contributed by atoms with Gasteiger partial charge in [-0.05, 0) is 26.0 Å². The Hall–Kier alpha value is -2.57. The first-order chi connectivity index (χ1) is 16.0. The number of aromatic amines is 1. The molecule has 0 spiro atoms. The van der Waals surface area contributed by atoms with Gasteiger partial charge in [-0.2, -0.15) is 0 Å². The van der Waals surface area contributed by atoms with E-state index in [0.29, 0.717) is 13.1 Å². The van der Waals surface area contributed by atoms with E-state index in [1.165, 1.54) is 6.40 Å². The Morgan fingerprint density at radius 1 is 1.21 bits per heavy atom. The summed E-state index contributed by atoms with van der Waals surface area (Å²) < 4.78 is 6.98. The van der Waals surface area contributed by atoms with E-state index in [4.69, 9.17) is 9.57 Å². The number of aromatic nitrogens is 3. The molecular formula is C22H29N7O3S. The van der Waals surface area contributed by atoms with E-state index in [9.17, 15) is 5.11 Å². The van der Waals surface area contributed by atoms with Gasteiger partial charge in [0.2, 0.25) is 5.66 Å². The van der Waals surface area contributed by atoms with Gasteiger partial charge in [-0.1, -0.05) is 0 Å². The molecule has 5 rings (SSSR count). The average Bonchev–Trinajstić information content (AvgIpc) is 3.53. The van der Waals surface area contributed by atoms with Gasteiger partial charge in [0.05, 0.1) is 20.9 Å². The lowest BCUT2D eigenvalue weighted by Crippen LogP contribution is -2.54. The van der Waals surface area contributed by atoms with Gasteiger partial charge in [0.1, 0.15) is 18.5 Å². The number of ether oxygens (including phenoxy) is 1. The molecule has 10 nitrogen and oxygen atoms in total. The standard InChI is InChI=1S/C22H29N7O3S/c1-15-10-23-21(25-15)22(24-14-32-27-22)13-29-7-5-28(6-8-29)11-17(30)12-31-18-3-4-20-19(9-18)26-16(2)33-20/h3-4,9-10,14,17,27,30H,5-8,11-13H2,1-2H3,(H,23,25). The maximum Gasteiger partial charge on any atom is 0.215 e. The molecule has 3 N–H and O–H groups in total. The van der Waals surface area contributed by atoms with Gasteiger partial charge in [0.25, 0.3) is 0 Å². The molecule has 176 valence electrons. The van der Waals surface area contributed by atoms with Crippen LogP contribution in [0.25, 0.3) is 10.2 Å². The smallest absolute Gasteiger partial charge is 0.215 e. The Morgan fingerprint density at radius 2 is 2.03 bits per heavy atom. The summed E-state index contributed by atoms with van der Waals surface area (Å²) in [5.74, 6) is 1.48. The molecule has 0 bridgehead atoms. The molecule has 0 saturated carbocycles. The summed E-state index contributed by atoms with van der Waals surface area (Å²) in [6.07, 6.45) is 2.73. The Bertz CT molecular complexity index is 1120. The van der Waals surface area contributed by atoms with Crippen LogP contribution >= 0.6 is 11.3 Å². The summed E-state index contributed by atoms with van der Waals surface area (Å²) in [6.45, 7) is 8.88. The highest BCUT2D eigenvalue weighted by Crippen LogP contribution is 2.26. The fourth-order valence-electron chi connectivity index (χ4n) is 4.26. The van der Waals surface area contributed by atoms with E-state index in [2.05, 4.69) is 35.2 Å². The van der Waals surface area contributed by atoms with Crippen LogP contribution in [0.1, 0.15) is 16.5 Å². The first kappa shape index (κ1) is 22.2. The predicted molar refractivity (Wildman–Crippen MR) is 126 cm³/mol. The zero-order valence-corrected chi connectivity index (χ0v) is 19.6. The molecule has 2 aromatic heterocycles. The number of hydrogen-bond donors (Lipinski definition) is 3. The summed E-state index contributed by atoms with van der Waals surface area (Å²) in [5, 5.41) is 11.6. The average molecular weight is 472 g/mol.